The van der Waals surface area contributed by atoms with Gasteiger partial charge >= 0.3 is 0 Å². The Kier molecular flexibility index (Phi) is 3.34. The maximum Gasteiger partial charge on any atom is 0.144 e. The molecule has 0 bridgehead atoms. The van der Waals surface area contributed by atoms with Crippen LogP contribution in [0.15, 0.2) is 11.1 Å². The van der Waals surface area contributed by atoms with Crippen LogP contribution < -0.4 is 5.73 Å². The predicted octanol–water partition coefficient (Wildman–Crippen LogP) is -0.188. The fourth-order valence-corrected chi connectivity index (χ4v) is 0.364. The van der Waals surface area contributed by atoms with E-state index in [4.69, 9.17) is 21.5 Å². The van der Waals surface area contributed by atoms with Gasteiger partial charge in [0.2, 0.25) is 0 Å². The fourth-order valence-electron chi connectivity index (χ4n) is 0.364. The second-order valence-corrected chi connectivity index (χ2v) is 1.39. The van der Waals surface area contributed by atoms with E-state index in [2.05, 4.69) is 0 Å². The van der Waals surface area contributed by atoms with Crippen LogP contribution in [0.5, 0.6) is 0 Å². The van der Waals surface area contributed by atoms with E-state index in [1.54, 1.807) is 18.2 Å². The Morgan fingerprint density at radius 1 is 1.10 bits per heavy atom. The molecule has 0 atom stereocenters. The van der Waals surface area contributed by atoms with Gasteiger partial charge in [-0.25, -0.2) is 0 Å². The average molecular weight is 132 g/mol. The Labute approximate surface area is 58.4 Å². The zero-order valence-electron chi connectivity index (χ0n) is 5.13. The molecule has 10 heavy (non-hydrogen) atoms. The number of rotatable bonds is 1. The highest BCUT2D eigenvalue weighted by Gasteiger charge is 2.00. The van der Waals surface area contributed by atoms with E-state index < -0.39 is 0 Å². The highest BCUT2D eigenvalue weighted by atomic mass is 14.5. The van der Waals surface area contributed by atoms with Crippen molar-refractivity contribution in [2.75, 3.05) is 6.54 Å². The van der Waals surface area contributed by atoms with Gasteiger partial charge in [0.05, 0.1) is 11.6 Å². The molecule has 0 heterocycles. The van der Waals surface area contributed by atoms with Crippen molar-refractivity contribution in [1.82, 2.24) is 0 Å². The Hall–Kier alpha value is -1.83. The third kappa shape index (κ3) is 1.59. The van der Waals surface area contributed by atoms with Gasteiger partial charge < -0.3 is 5.73 Å². The van der Waals surface area contributed by atoms with Crippen molar-refractivity contribution in [3.63, 3.8) is 0 Å². The molecule has 0 aromatic carbocycles. The molecule has 0 amide bonds. The van der Waals surface area contributed by atoms with Gasteiger partial charge in [-0.05, 0) is 0 Å². The highest BCUT2D eigenvalue weighted by molar-refractivity contribution is 5.46. The predicted molar refractivity (Wildman–Crippen MR) is 32.9 cm³/mol. The van der Waals surface area contributed by atoms with E-state index in [1.165, 1.54) is 0 Å². The normalized spacial score (nSPS) is 6.60. The Morgan fingerprint density at radius 3 is 1.70 bits per heavy atom. The van der Waals surface area contributed by atoms with Gasteiger partial charge in [-0.1, -0.05) is 0 Å². The summed E-state index contributed by atoms with van der Waals surface area (Å²) in [7, 11) is 0. The number of nitrogens with zero attached hydrogens (tertiary/aromatic N) is 3. The van der Waals surface area contributed by atoms with Crippen LogP contribution in [0.4, 0.5) is 0 Å². The number of nitrogens with two attached hydrogens (primary N) is 1. The van der Waals surface area contributed by atoms with Crippen molar-refractivity contribution in [1.29, 1.82) is 15.8 Å². The first-order valence-corrected chi connectivity index (χ1v) is 2.43. The summed E-state index contributed by atoms with van der Waals surface area (Å²) < 4.78 is 0. The molecule has 0 radical (unpaired) electrons. The van der Waals surface area contributed by atoms with Crippen molar-refractivity contribution in [3.8, 4) is 18.2 Å². The molecule has 0 aliphatic carbocycles. The van der Waals surface area contributed by atoms with Crippen LogP contribution in [0.1, 0.15) is 0 Å². The van der Waals surface area contributed by atoms with Crippen molar-refractivity contribution in [2.24, 2.45) is 5.73 Å². The summed E-state index contributed by atoms with van der Waals surface area (Å²) in [5, 5.41) is 24.7. The molecule has 4 nitrogen and oxygen atoms in total. The lowest BCUT2D eigenvalue weighted by Crippen LogP contribution is -2.03. The zero-order chi connectivity index (χ0) is 7.98. The van der Waals surface area contributed by atoms with E-state index in [0.717, 1.165) is 0 Å². The van der Waals surface area contributed by atoms with Gasteiger partial charge in [0.25, 0.3) is 0 Å². The summed E-state index contributed by atoms with van der Waals surface area (Å²) >= 11 is 0. The summed E-state index contributed by atoms with van der Waals surface area (Å²) in [6.07, 6.45) is 0. The highest BCUT2D eigenvalue weighted by Crippen LogP contribution is 1.97. The third-order valence-corrected chi connectivity index (χ3v) is 0.864. The fraction of sp³-hybridized carbons (Fsp3) is 0.167. The summed E-state index contributed by atoms with van der Waals surface area (Å²) in [6, 6.07) is 4.80. The van der Waals surface area contributed by atoms with E-state index in [9.17, 15) is 0 Å². The lowest BCUT2D eigenvalue weighted by molar-refractivity contribution is 1.17. The minimum Gasteiger partial charge on any atom is -0.326 e. The minimum absolute atomic E-state index is 0.0324. The molecular formula is C6H4N4. The lowest BCUT2D eigenvalue weighted by atomic mass is 10.1. The molecule has 0 aromatic rings. The number of hydrogen-bond donors (Lipinski definition) is 1. The van der Waals surface area contributed by atoms with Crippen LogP contribution in [0.25, 0.3) is 0 Å². The van der Waals surface area contributed by atoms with Gasteiger partial charge in [0.1, 0.15) is 17.7 Å². The second-order valence-electron chi connectivity index (χ2n) is 1.39. The Bertz CT molecular complexity index is 252. The Balaban J connectivity index is 4.86. The first kappa shape index (κ1) is 8.17. The largest absolute Gasteiger partial charge is 0.326 e. The minimum atomic E-state index is -0.204. The molecule has 0 spiro atoms. The first-order chi connectivity index (χ1) is 4.79. The monoisotopic (exact) mass is 132 g/mol. The molecule has 0 fully saturated rings. The first-order valence-electron chi connectivity index (χ1n) is 2.43. The van der Waals surface area contributed by atoms with E-state index in [-0.39, 0.29) is 17.7 Å². The summed E-state index contributed by atoms with van der Waals surface area (Å²) in [4.78, 5) is 0. The number of hydrogen-bond acceptors (Lipinski definition) is 4. The van der Waals surface area contributed by atoms with Crippen LogP contribution in [0, 0.1) is 34.0 Å². The van der Waals surface area contributed by atoms with Crippen molar-refractivity contribution < 1.29 is 0 Å². The van der Waals surface area contributed by atoms with Crippen LogP contribution in [0.3, 0.4) is 0 Å². The molecule has 0 unspecified atom stereocenters. The molecule has 0 saturated carbocycles. The van der Waals surface area contributed by atoms with Gasteiger partial charge in [0.15, 0.2) is 0 Å². The van der Waals surface area contributed by atoms with E-state index >= 15 is 0 Å². The molecule has 0 rings (SSSR count). The lowest BCUT2D eigenvalue weighted by Gasteiger charge is -1.86. The van der Waals surface area contributed by atoms with Crippen molar-refractivity contribution >= 4 is 0 Å². The maximum absolute atomic E-state index is 8.27. The van der Waals surface area contributed by atoms with Crippen molar-refractivity contribution in [2.45, 2.75) is 0 Å². The zero-order valence-corrected chi connectivity index (χ0v) is 5.13. The van der Waals surface area contributed by atoms with Gasteiger partial charge in [-0.2, -0.15) is 15.8 Å². The quantitative estimate of drug-likeness (QED) is 0.500. The average Bonchev–Trinajstić information content (AvgIpc) is 2.00. The SMILES string of the molecule is N#CC(C#N)=C(C#N)CN. The molecule has 4 heteroatoms. The molecule has 0 aliphatic rings. The van der Waals surface area contributed by atoms with Gasteiger partial charge in [-0.3, -0.25) is 0 Å². The summed E-state index contributed by atoms with van der Waals surface area (Å²) in [5.41, 5.74) is 4.88. The molecule has 2 N–H and O–H groups in total. The number of nitriles is 3. The number of allylic oxidation sites excluding steroid dienone is 1. The van der Waals surface area contributed by atoms with Crippen molar-refractivity contribution in [3.05, 3.63) is 11.1 Å². The van der Waals surface area contributed by atoms with Crippen LogP contribution in [-0.2, 0) is 0 Å². The van der Waals surface area contributed by atoms with Crippen LogP contribution >= 0.6 is 0 Å². The molecule has 0 saturated heterocycles. The van der Waals surface area contributed by atoms with Crippen LogP contribution in [-0.4, -0.2) is 6.54 Å². The topological polar surface area (TPSA) is 97.4 Å². The second kappa shape index (κ2) is 4.09. The molecule has 48 valence electrons. The van der Waals surface area contributed by atoms with Gasteiger partial charge in [-0.15, -0.1) is 0 Å². The summed E-state index contributed by atoms with van der Waals surface area (Å²) in [6.45, 7) is -0.0625. The smallest absolute Gasteiger partial charge is 0.144 e. The molecule has 0 aliphatic heterocycles. The third-order valence-electron chi connectivity index (χ3n) is 0.864. The van der Waals surface area contributed by atoms with E-state index in [0.29, 0.717) is 0 Å². The molecule has 0 aromatic heterocycles. The molecular weight excluding hydrogens is 128 g/mol. The maximum atomic E-state index is 8.27. The van der Waals surface area contributed by atoms with Gasteiger partial charge in [0, 0.05) is 6.54 Å². The summed E-state index contributed by atoms with van der Waals surface area (Å²) in [5.74, 6) is 0. The van der Waals surface area contributed by atoms with Crippen LogP contribution in [0.2, 0.25) is 0 Å². The van der Waals surface area contributed by atoms with E-state index in [1.807, 2.05) is 0 Å². The Morgan fingerprint density at radius 2 is 1.60 bits per heavy atom. The standard InChI is InChI=1S/C6H4N4/c7-1-5(2-8)6(3-9)4-10/h1,7H2.